The fourth-order valence-corrected chi connectivity index (χ4v) is 3.14. The highest BCUT2D eigenvalue weighted by molar-refractivity contribution is 9.10. The summed E-state index contributed by atoms with van der Waals surface area (Å²) in [6.07, 6.45) is 0.778. The Morgan fingerprint density at radius 1 is 1.20 bits per heavy atom. The molecule has 2 N–H and O–H groups in total. The van der Waals surface area contributed by atoms with Crippen LogP contribution in [0.25, 0.3) is 0 Å². The van der Waals surface area contributed by atoms with Gasteiger partial charge in [0.1, 0.15) is 5.75 Å². The van der Waals surface area contributed by atoms with E-state index in [0.717, 1.165) is 16.6 Å². The smallest absolute Gasteiger partial charge is 0.133 e. The van der Waals surface area contributed by atoms with Gasteiger partial charge in [0.2, 0.25) is 0 Å². The van der Waals surface area contributed by atoms with E-state index in [2.05, 4.69) is 54.0 Å². The highest BCUT2D eigenvalue weighted by Gasteiger charge is 2.23. The van der Waals surface area contributed by atoms with Crippen molar-refractivity contribution in [2.24, 2.45) is 5.73 Å². The van der Waals surface area contributed by atoms with Crippen LogP contribution in [0.1, 0.15) is 23.6 Å². The lowest BCUT2D eigenvalue weighted by molar-refractivity contribution is 0.411. The third kappa shape index (κ3) is 3.22. The predicted octanol–water partition coefficient (Wildman–Crippen LogP) is 4.18. The number of aryl methyl sites for hydroxylation is 1. The van der Waals surface area contributed by atoms with Gasteiger partial charge in [-0.1, -0.05) is 30.3 Å². The number of rotatable bonds is 4. The first-order chi connectivity index (χ1) is 9.44. The molecule has 2 nitrogen and oxygen atoms in total. The average Bonchev–Trinajstić information content (AvgIpc) is 2.38. The normalized spacial score (nSPS) is 13.8. The molecule has 0 aliphatic rings. The highest BCUT2D eigenvalue weighted by Crippen LogP contribution is 2.30. The van der Waals surface area contributed by atoms with Crippen molar-refractivity contribution in [1.29, 1.82) is 0 Å². The van der Waals surface area contributed by atoms with Crippen molar-refractivity contribution in [3.8, 4) is 5.75 Å². The molecule has 106 valence electrons. The number of nitrogens with two attached hydrogens (primary N) is 1. The average molecular weight is 334 g/mol. The summed E-state index contributed by atoms with van der Waals surface area (Å²) in [4.78, 5) is 0. The Balaban J connectivity index is 2.28. The van der Waals surface area contributed by atoms with Gasteiger partial charge in [-0.05, 0) is 65.0 Å². The molecular formula is C17H20BrNO. The maximum Gasteiger partial charge on any atom is 0.133 e. The van der Waals surface area contributed by atoms with E-state index in [1.165, 1.54) is 16.7 Å². The first-order valence-corrected chi connectivity index (χ1v) is 7.41. The Labute approximate surface area is 129 Å². The molecule has 0 saturated heterocycles. The van der Waals surface area contributed by atoms with Crippen molar-refractivity contribution < 1.29 is 4.74 Å². The van der Waals surface area contributed by atoms with E-state index in [4.69, 9.17) is 10.5 Å². The number of hydrogen-bond acceptors (Lipinski definition) is 2. The van der Waals surface area contributed by atoms with Gasteiger partial charge in [0.15, 0.2) is 0 Å². The van der Waals surface area contributed by atoms with Crippen molar-refractivity contribution in [2.75, 3.05) is 7.11 Å². The molecule has 0 aliphatic carbocycles. The number of methoxy groups -OCH3 is 1. The summed E-state index contributed by atoms with van der Waals surface area (Å²) in [5, 5.41) is 0. The summed E-state index contributed by atoms with van der Waals surface area (Å²) in [5.41, 5.74) is 9.76. The summed E-state index contributed by atoms with van der Waals surface area (Å²) in [7, 11) is 1.67. The van der Waals surface area contributed by atoms with Crippen LogP contribution in [-0.4, -0.2) is 7.11 Å². The lowest BCUT2D eigenvalue weighted by atomic mass is 9.84. The molecule has 0 aromatic heterocycles. The van der Waals surface area contributed by atoms with Crippen molar-refractivity contribution in [3.05, 3.63) is 63.6 Å². The van der Waals surface area contributed by atoms with Crippen molar-refractivity contribution >= 4 is 15.9 Å². The number of hydrogen-bond donors (Lipinski definition) is 1. The molecular weight excluding hydrogens is 314 g/mol. The van der Waals surface area contributed by atoms with Crippen molar-refractivity contribution in [2.45, 2.75) is 25.8 Å². The van der Waals surface area contributed by atoms with Crippen LogP contribution in [0, 0.1) is 6.92 Å². The quantitative estimate of drug-likeness (QED) is 0.910. The SMILES string of the molecule is COc1ccc(CC(C)(N)c2ccccc2C)cc1Br. The van der Waals surface area contributed by atoms with E-state index < -0.39 is 0 Å². The minimum Gasteiger partial charge on any atom is -0.496 e. The predicted molar refractivity (Wildman–Crippen MR) is 87.1 cm³/mol. The second-order valence-electron chi connectivity index (χ2n) is 5.38. The van der Waals surface area contributed by atoms with Crippen LogP contribution >= 0.6 is 15.9 Å². The Morgan fingerprint density at radius 2 is 1.90 bits per heavy atom. The van der Waals surface area contributed by atoms with E-state index in [1.807, 2.05) is 18.2 Å². The van der Waals surface area contributed by atoms with Gasteiger partial charge in [-0.15, -0.1) is 0 Å². The minimum absolute atomic E-state index is 0.390. The molecule has 1 unspecified atom stereocenters. The molecule has 0 radical (unpaired) electrons. The number of benzene rings is 2. The first kappa shape index (κ1) is 15.1. The third-order valence-electron chi connectivity index (χ3n) is 3.55. The number of ether oxygens (including phenoxy) is 1. The molecule has 0 saturated carbocycles. The molecule has 0 aliphatic heterocycles. The second-order valence-corrected chi connectivity index (χ2v) is 6.23. The minimum atomic E-state index is -0.390. The monoisotopic (exact) mass is 333 g/mol. The van der Waals surface area contributed by atoms with Gasteiger partial charge in [-0.2, -0.15) is 0 Å². The molecule has 0 heterocycles. The van der Waals surface area contributed by atoms with E-state index >= 15 is 0 Å². The summed E-state index contributed by atoms with van der Waals surface area (Å²) in [5.74, 6) is 0.836. The van der Waals surface area contributed by atoms with Gasteiger partial charge in [0, 0.05) is 5.54 Å². The van der Waals surface area contributed by atoms with E-state index in [9.17, 15) is 0 Å². The molecule has 0 amide bonds. The van der Waals surface area contributed by atoms with Gasteiger partial charge >= 0.3 is 0 Å². The summed E-state index contributed by atoms with van der Waals surface area (Å²) >= 11 is 3.52. The van der Waals surface area contributed by atoms with Crippen LogP contribution in [0.2, 0.25) is 0 Å². The molecule has 0 bridgehead atoms. The zero-order chi connectivity index (χ0) is 14.8. The Kier molecular flexibility index (Phi) is 4.51. The fraction of sp³-hybridized carbons (Fsp3) is 0.294. The van der Waals surface area contributed by atoms with Gasteiger partial charge in [-0.3, -0.25) is 0 Å². The second kappa shape index (κ2) is 5.98. The Hall–Kier alpha value is -1.32. The molecule has 1 atom stereocenters. The third-order valence-corrected chi connectivity index (χ3v) is 4.17. The van der Waals surface area contributed by atoms with Crippen LogP contribution in [-0.2, 0) is 12.0 Å². The van der Waals surface area contributed by atoms with Gasteiger partial charge in [0.25, 0.3) is 0 Å². The van der Waals surface area contributed by atoms with Crippen LogP contribution < -0.4 is 10.5 Å². The standard InChI is InChI=1S/C17H20BrNO/c1-12-6-4-5-7-14(12)17(2,19)11-13-8-9-16(20-3)15(18)10-13/h4-10H,11,19H2,1-3H3. The Bertz CT molecular complexity index is 608. The highest BCUT2D eigenvalue weighted by atomic mass is 79.9. The van der Waals surface area contributed by atoms with Gasteiger partial charge < -0.3 is 10.5 Å². The van der Waals surface area contributed by atoms with E-state index in [1.54, 1.807) is 7.11 Å². The van der Waals surface area contributed by atoms with Crippen molar-refractivity contribution in [1.82, 2.24) is 0 Å². The maximum absolute atomic E-state index is 6.54. The van der Waals surface area contributed by atoms with Crippen LogP contribution in [0.4, 0.5) is 0 Å². The largest absolute Gasteiger partial charge is 0.496 e. The van der Waals surface area contributed by atoms with Gasteiger partial charge in [0.05, 0.1) is 11.6 Å². The van der Waals surface area contributed by atoms with Crippen molar-refractivity contribution in [3.63, 3.8) is 0 Å². The lowest BCUT2D eigenvalue weighted by Crippen LogP contribution is -2.36. The Morgan fingerprint density at radius 3 is 2.50 bits per heavy atom. The summed E-state index contributed by atoms with van der Waals surface area (Å²) < 4.78 is 6.21. The molecule has 0 spiro atoms. The molecule has 0 fully saturated rings. The summed E-state index contributed by atoms with van der Waals surface area (Å²) in [6, 6.07) is 14.4. The summed E-state index contributed by atoms with van der Waals surface area (Å²) in [6.45, 7) is 4.18. The molecule has 20 heavy (non-hydrogen) atoms. The molecule has 2 rings (SSSR count). The lowest BCUT2D eigenvalue weighted by Gasteiger charge is -2.27. The van der Waals surface area contributed by atoms with E-state index in [0.29, 0.717) is 0 Å². The molecule has 3 heteroatoms. The van der Waals surface area contributed by atoms with E-state index in [-0.39, 0.29) is 5.54 Å². The topological polar surface area (TPSA) is 35.2 Å². The van der Waals surface area contributed by atoms with Crippen LogP contribution in [0.15, 0.2) is 46.9 Å². The molecule has 2 aromatic rings. The zero-order valence-electron chi connectivity index (χ0n) is 12.1. The zero-order valence-corrected chi connectivity index (χ0v) is 13.7. The fourth-order valence-electron chi connectivity index (χ4n) is 2.55. The van der Waals surface area contributed by atoms with Crippen LogP contribution in [0.5, 0.6) is 5.75 Å². The molecule has 2 aromatic carbocycles. The first-order valence-electron chi connectivity index (χ1n) is 6.61. The van der Waals surface area contributed by atoms with Crippen LogP contribution in [0.3, 0.4) is 0 Å². The number of halogens is 1. The van der Waals surface area contributed by atoms with Gasteiger partial charge in [-0.25, -0.2) is 0 Å². The maximum atomic E-state index is 6.54.